The number of hydrogen-bond acceptors (Lipinski definition) is 4. The maximum Gasteiger partial charge on any atom is 0.417 e. The van der Waals surface area contributed by atoms with Gasteiger partial charge >= 0.3 is 6.18 Å². The first-order valence-electron chi connectivity index (χ1n) is 11.2. The lowest BCUT2D eigenvalue weighted by Gasteiger charge is -2.19. The Labute approximate surface area is 195 Å². The van der Waals surface area contributed by atoms with E-state index in [0.29, 0.717) is 50.3 Å². The lowest BCUT2D eigenvalue weighted by atomic mass is 9.92. The Morgan fingerprint density at radius 3 is 2.79 bits per heavy atom. The number of rotatable bonds is 7. The molecule has 1 N–H and O–H groups in total. The standard InChI is InChI=1S/C25H25F3N2O4/c26-25(27,28)20-5-1-4-17(24(20)19-7-9-21-18(16-19)11-15-33-34-21)8-10-22(31)29-12-3-14-30-13-2-6-23(30)32/h1,4-5,7-10,16H,2-3,6,11-15H2,(H,29,31)/b10-8+. The zero-order valence-electron chi connectivity index (χ0n) is 18.5. The quantitative estimate of drug-likeness (QED) is 0.368. The number of fused-ring (bicyclic) bond motifs is 1. The molecule has 34 heavy (non-hydrogen) atoms. The maximum absolute atomic E-state index is 13.8. The summed E-state index contributed by atoms with van der Waals surface area (Å²) in [4.78, 5) is 35.7. The third-order valence-electron chi connectivity index (χ3n) is 5.84. The Hall–Kier alpha value is -3.33. The Kier molecular flexibility index (Phi) is 7.21. The molecule has 180 valence electrons. The molecule has 0 radical (unpaired) electrons. The molecule has 6 nitrogen and oxygen atoms in total. The third-order valence-corrected chi connectivity index (χ3v) is 5.84. The SMILES string of the molecule is O=C(/C=C/c1cccc(C(F)(F)F)c1-c1ccc2c(c1)CCOO2)NCCCN1CCCC1=O. The Balaban J connectivity index is 1.50. The first-order valence-corrected chi connectivity index (χ1v) is 11.2. The molecule has 9 heteroatoms. The van der Waals surface area contributed by atoms with Gasteiger partial charge in [0.1, 0.15) is 0 Å². The van der Waals surface area contributed by atoms with Crippen LogP contribution in [0.3, 0.4) is 0 Å². The number of halogens is 3. The van der Waals surface area contributed by atoms with Gasteiger partial charge < -0.3 is 15.1 Å². The maximum atomic E-state index is 13.8. The summed E-state index contributed by atoms with van der Waals surface area (Å²) >= 11 is 0. The second-order valence-electron chi connectivity index (χ2n) is 8.21. The monoisotopic (exact) mass is 474 g/mol. The molecule has 2 aromatic rings. The summed E-state index contributed by atoms with van der Waals surface area (Å²) < 4.78 is 41.5. The van der Waals surface area contributed by atoms with E-state index in [9.17, 15) is 22.8 Å². The fraction of sp³-hybridized carbons (Fsp3) is 0.360. The minimum atomic E-state index is -4.57. The van der Waals surface area contributed by atoms with Crippen LogP contribution in [0.5, 0.6) is 5.75 Å². The van der Waals surface area contributed by atoms with E-state index in [1.165, 1.54) is 18.2 Å². The van der Waals surface area contributed by atoms with Gasteiger partial charge in [0.2, 0.25) is 11.8 Å². The van der Waals surface area contributed by atoms with Gasteiger partial charge in [0.15, 0.2) is 5.75 Å². The van der Waals surface area contributed by atoms with Gasteiger partial charge in [-0.25, -0.2) is 0 Å². The van der Waals surface area contributed by atoms with Crippen molar-refractivity contribution in [3.63, 3.8) is 0 Å². The average molecular weight is 474 g/mol. The van der Waals surface area contributed by atoms with E-state index >= 15 is 0 Å². The Morgan fingerprint density at radius 2 is 2.03 bits per heavy atom. The molecular weight excluding hydrogens is 449 g/mol. The van der Waals surface area contributed by atoms with Crippen LogP contribution in [0.15, 0.2) is 42.5 Å². The largest absolute Gasteiger partial charge is 0.417 e. The average Bonchev–Trinajstić information content (AvgIpc) is 3.24. The molecule has 0 aromatic heterocycles. The first-order chi connectivity index (χ1) is 16.3. The number of benzene rings is 2. The smallest absolute Gasteiger partial charge is 0.352 e. The molecule has 4 rings (SSSR count). The van der Waals surface area contributed by atoms with Crippen LogP contribution in [-0.2, 0) is 27.1 Å². The molecule has 0 bridgehead atoms. The van der Waals surface area contributed by atoms with E-state index in [2.05, 4.69) is 5.32 Å². The van der Waals surface area contributed by atoms with Gasteiger partial charge in [0.05, 0.1) is 12.2 Å². The summed E-state index contributed by atoms with van der Waals surface area (Å²) in [5, 5.41) is 2.72. The molecular formula is C25H25F3N2O4. The van der Waals surface area contributed by atoms with Crippen molar-refractivity contribution in [1.29, 1.82) is 0 Å². The molecule has 0 unspecified atom stereocenters. The van der Waals surface area contributed by atoms with Gasteiger partial charge in [-0.2, -0.15) is 18.1 Å². The molecule has 0 saturated carbocycles. The highest BCUT2D eigenvalue weighted by atomic mass is 19.4. The summed E-state index contributed by atoms with van der Waals surface area (Å²) in [6.45, 7) is 2.01. The van der Waals surface area contributed by atoms with Crippen molar-refractivity contribution >= 4 is 17.9 Å². The van der Waals surface area contributed by atoms with Crippen LogP contribution in [0.1, 0.15) is 36.0 Å². The van der Waals surface area contributed by atoms with E-state index in [-0.39, 0.29) is 17.0 Å². The van der Waals surface area contributed by atoms with Gasteiger partial charge in [-0.15, -0.1) is 0 Å². The molecule has 2 aliphatic rings. The Morgan fingerprint density at radius 1 is 1.18 bits per heavy atom. The normalized spacial score (nSPS) is 16.0. The summed E-state index contributed by atoms with van der Waals surface area (Å²) in [7, 11) is 0. The molecule has 2 aliphatic heterocycles. The zero-order valence-corrected chi connectivity index (χ0v) is 18.5. The fourth-order valence-corrected chi connectivity index (χ4v) is 4.18. The lowest BCUT2D eigenvalue weighted by Crippen LogP contribution is -2.29. The second kappa shape index (κ2) is 10.3. The van der Waals surface area contributed by atoms with Gasteiger partial charge in [-0.3, -0.25) is 9.59 Å². The summed E-state index contributed by atoms with van der Waals surface area (Å²) in [5.41, 5.74) is 0.636. The van der Waals surface area contributed by atoms with E-state index in [1.54, 1.807) is 29.2 Å². The van der Waals surface area contributed by atoms with Crippen LogP contribution in [0.4, 0.5) is 13.2 Å². The third kappa shape index (κ3) is 5.59. The van der Waals surface area contributed by atoms with E-state index < -0.39 is 17.6 Å². The zero-order chi connectivity index (χ0) is 24.1. The van der Waals surface area contributed by atoms with Gasteiger partial charge in [0, 0.05) is 49.7 Å². The lowest BCUT2D eigenvalue weighted by molar-refractivity contribution is -0.215. The van der Waals surface area contributed by atoms with Crippen molar-refractivity contribution in [2.45, 2.75) is 31.9 Å². The summed E-state index contributed by atoms with van der Waals surface area (Å²) in [6, 6.07) is 8.71. The number of carbonyl (C=O) groups is 2. The van der Waals surface area contributed by atoms with Crippen LogP contribution >= 0.6 is 0 Å². The second-order valence-corrected chi connectivity index (χ2v) is 8.21. The highest BCUT2D eigenvalue weighted by Crippen LogP contribution is 2.41. The van der Waals surface area contributed by atoms with Crippen LogP contribution in [0.25, 0.3) is 17.2 Å². The van der Waals surface area contributed by atoms with Crippen molar-refractivity contribution in [2.75, 3.05) is 26.2 Å². The van der Waals surface area contributed by atoms with Crippen LogP contribution in [-0.4, -0.2) is 43.0 Å². The molecule has 1 fully saturated rings. The molecule has 0 atom stereocenters. The van der Waals surface area contributed by atoms with Crippen LogP contribution in [0, 0.1) is 0 Å². The van der Waals surface area contributed by atoms with Gasteiger partial charge in [-0.1, -0.05) is 18.2 Å². The van der Waals surface area contributed by atoms with E-state index in [4.69, 9.17) is 9.78 Å². The van der Waals surface area contributed by atoms with E-state index in [0.717, 1.165) is 24.6 Å². The van der Waals surface area contributed by atoms with Crippen molar-refractivity contribution in [3.05, 3.63) is 59.2 Å². The predicted molar refractivity (Wildman–Crippen MR) is 120 cm³/mol. The number of amides is 2. The van der Waals surface area contributed by atoms with Crippen molar-refractivity contribution in [3.8, 4) is 16.9 Å². The minimum absolute atomic E-state index is 0.000822. The fourth-order valence-electron chi connectivity index (χ4n) is 4.18. The molecule has 0 aliphatic carbocycles. The van der Waals surface area contributed by atoms with Crippen LogP contribution in [0.2, 0.25) is 0 Å². The summed E-state index contributed by atoms with van der Waals surface area (Å²) in [6.07, 6.45) is 0.620. The number of hydrogen-bond donors (Lipinski definition) is 1. The number of carbonyl (C=O) groups excluding carboxylic acids is 2. The molecule has 0 spiro atoms. The van der Waals surface area contributed by atoms with Gasteiger partial charge in [-0.05, 0) is 48.2 Å². The number of alkyl halides is 3. The summed E-state index contributed by atoms with van der Waals surface area (Å²) in [5.74, 6) is 0.197. The highest BCUT2D eigenvalue weighted by Gasteiger charge is 2.34. The molecule has 2 aromatic carbocycles. The molecule has 1 saturated heterocycles. The van der Waals surface area contributed by atoms with E-state index in [1.807, 2.05) is 0 Å². The minimum Gasteiger partial charge on any atom is -0.352 e. The van der Waals surface area contributed by atoms with Crippen molar-refractivity contribution in [2.24, 2.45) is 0 Å². The number of nitrogens with one attached hydrogen (secondary N) is 1. The van der Waals surface area contributed by atoms with Gasteiger partial charge in [0.25, 0.3) is 0 Å². The Bertz CT molecular complexity index is 1100. The van der Waals surface area contributed by atoms with Crippen molar-refractivity contribution < 1.29 is 32.5 Å². The topological polar surface area (TPSA) is 67.9 Å². The molecule has 2 heterocycles. The first kappa shape index (κ1) is 23.8. The number of nitrogens with zero attached hydrogens (tertiary/aromatic N) is 1. The predicted octanol–water partition coefficient (Wildman–Crippen LogP) is 4.38. The molecule has 2 amide bonds. The highest BCUT2D eigenvalue weighted by molar-refractivity contribution is 5.93. The van der Waals surface area contributed by atoms with Crippen LogP contribution < -0.4 is 10.2 Å². The van der Waals surface area contributed by atoms with Crippen molar-refractivity contribution in [1.82, 2.24) is 10.2 Å². The number of likely N-dealkylation sites (tertiary alicyclic amines) is 1.